The van der Waals surface area contributed by atoms with Crippen LogP contribution in [0.4, 0.5) is 27.6 Å². The number of nitrogens with zero attached hydrogens (tertiary/aromatic N) is 1. The summed E-state index contributed by atoms with van der Waals surface area (Å²) in [6.07, 6.45) is -2.42. The molecule has 3 aromatic rings. The van der Waals surface area contributed by atoms with Crippen LogP contribution in [0.2, 0.25) is 0 Å². The predicted octanol–water partition coefficient (Wildman–Crippen LogP) is 3.16. The summed E-state index contributed by atoms with van der Waals surface area (Å²) in [5.74, 6) is -4.22. The van der Waals surface area contributed by atoms with Gasteiger partial charge < -0.3 is 15.6 Å². The van der Waals surface area contributed by atoms with Crippen molar-refractivity contribution in [3.8, 4) is 0 Å². The van der Waals surface area contributed by atoms with E-state index in [1.165, 1.54) is 12.3 Å². The number of amides is 2. The minimum atomic E-state index is -4.49. The number of carbonyl (C=O) groups excluding carboxylic acids is 2. The zero-order valence-electron chi connectivity index (χ0n) is 14.5. The van der Waals surface area contributed by atoms with Crippen LogP contribution in [0, 0.1) is 11.6 Å². The highest BCUT2D eigenvalue weighted by Crippen LogP contribution is 2.28. The van der Waals surface area contributed by atoms with Crippen molar-refractivity contribution < 1.29 is 31.5 Å². The maximum atomic E-state index is 13.4. The van der Waals surface area contributed by atoms with Gasteiger partial charge in [0.05, 0.1) is 16.8 Å². The number of anilines is 1. The van der Waals surface area contributed by atoms with Crippen LogP contribution in [-0.2, 0) is 22.2 Å². The highest BCUT2D eigenvalue weighted by molar-refractivity contribution is 6.40. The number of hydrogen-bond donors (Lipinski definition) is 3. The summed E-state index contributed by atoms with van der Waals surface area (Å²) in [6.45, 7) is -0.0433. The largest absolute Gasteiger partial charge is 0.417 e. The van der Waals surface area contributed by atoms with E-state index in [2.05, 4.69) is 20.6 Å². The van der Waals surface area contributed by atoms with E-state index >= 15 is 0 Å². The number of rotatable bonds is 4. The van der Waals surface area contributed by atoms with Gasteiger partial charge in [0.2, 0.25) is 0 Å². The summed E-state index contributed by atoms with van der Waals surface area (Å²) in [5.41, 5.74) is -0.274. The van der Waals surface area contributed by atoms with Gasteiger partial charge >= 0.3 is 18.0 Å². The third-order valence-electron chi connectivity index (χ3n) is 4.00. The van der Waals surface area contributed by atoms with E-state index in [4.69, 9.17) is 0 Å². The van der Waals surface area contributed by atoms with Crippen molar-refractivity contribution in [3.63, 3.8) is 0 Å². The summed E-state index contributed by atoms with van der Waals surface area (Å²) in [7, 11) is 0. The summed E-state index contributed by atoms with van der Waals surface area (Å²) >= 11 is 0. The van der Waals surface area contributed by atoms with Crippen molar-refractivity contribution in [2.24, 2.45) is 0 Å². The first-order valence-corrected chi connectivity index (χ1v) is 8.22. The topological polar surface area (TPSA) is 86.9 Å². The van der Waals surface area contributed by atoms with Crippen LogP contribution in [0.3, 0.4) is 0 Å². The summed E-state index contributed by atoms with van der Waals surface area (Å²) in [6, 6.07) is 3.84. The molecule has 2 heterocycles. The molecule has 6 nitrogen and oxygen atoms in total. The van der Waals surface area contributed by atoms with Crippen LogP contribution in [0.25, 0.3) is 10.9 Å². The maximum Gasteiger partial charge on any atom is 0.417 e. The Morgan fingerprint density at radius 3 is 2.45 bits per heavy atom. The summed E-state index contributed by atoms with van der Waals surface area (Å²) in [4.78, 5) is 30.1. The molecule has 29 heavy (non-hydrogen) atoms. The first-order valence-electron chi connectivity index (χ1n) is 8.22. The minimum Gasteiger partial charge on any atom is -0.359 e. The van der Waals surface area contributed by atoms with Crippen molar-refractivity contribution in [2.45, 2.75) is 12.6 Å². The fourth-order valence-electron chi connectivity index (χ4n) is 2.52. The number of carbonyl (C=O) groups is 2. The molecule has 0 fully saturated rings. The molecule has 0 bridgehead atoms. The molecule has 1 aromatic carbocycles. The second-order valence-electron chi connectivity index (χ2n) is 6.01. The number of halogens is 5. The third kappa shape index (κ3) is 4.68. The molecule has 11 heteroatoms. The Morgan fingerprint density at radius 1 is 1.07 bits per heavy atom. The Kier molecular flexibility index (Phi) is 5.48. The monoisotopic (exact) mass is 412 g/mol. The maximum absolute atomic E-state index is 13.4. The van der Waals surface area contributed by atoms with Crippen LogP contribution in [0.5, 0.6) is 0 Å². The van der Waals surface area contributed by atoms with E-state index < -0.39 is 35.2 Å². The van der Waals surface area contributed by atoms with Gasteiger partial charge in [0, 0.05) is 42.5 Å². The molecule has 0 saturated heterocycles. The van der Waals surface area contributed by atoms with E-state index in [1.54, 1.807) is 0 Å². The van der Waals surface area contributed by atoms with Gasteiger partial charge in [-0.2, -0.15) is 13.2 Å². The Bertz CT molecular complexity index is 1060. The van der Waals surface area contributed by atoms with Crippen molar-refractivity contribution in [2.75, 3.05) is 11.9 Å². The predicted molar refractivity (Wildman–Crippen MR) is 92.8 cm³/mol. The first-order chi connectivity index (χ1) is 13.6. The number of benzene rings is 1. The fraction of sp³-hybridized carbons (Fsp3) is 0.167. The molecule has 0 saturated carbocycles. The number of aromatic amines is 1. The van der Waals surface area contributed by atoms with Gasteiger partial charge in [-0.15, -0.1) is 0 Å². The average Bonchev–Trinajstić information content (AvgIpc) is 3.03. The molecule has 3 N–H and O–H groups in total. The van der Waals surface area contributed by atoms with Crippen molar-refractivity contribution in [3.05, 3.63) is 59.6 Å². The highest BCUT2D eigenvalue weighted by atomic mass is 19.4. The van der Waals surface area contributed by atoms with E-state index in [-0.39, 0.29) is 29.6 Å². The second kappa shape index (κ2) is 7.86. The lowest BCUT2D eigenvalue weighted by Crippen LogP contribution is -2.36. The van der Waals surface area contributed by atoms with Crippen LogP contribution in [0.1, 0.15) is 11.3 Å². The van der Waals surface area contributed by atoms with Gasteiger partial charge in [0.1, 0.15) is 0 Å². The minimum absolute atomic E-state index is 0.0433. The first kappa shape index (κ1) is 20.2. The van der Waals surface area contributed by atoms with E-state index in [0.717, 1.165) is 18.2 Å². The molecule has 2 amide bonds. The van der Waals surface area contributed by atoms with E-state index in [1.807, 2.05) is 0 Å². The lowest BCUT2D eigenvalue weighted by molar-refractivity contribution is -0.137. The van der Waals surface area contributed by atoms with Crippen molar-refractivity contribution >= 4 is 28.4 Å². The Balaban J connectivity index is 1.55. The molecule has 0 radical (unpaired) electrons. The van der Waals surface area contributed by atoms with Crippen LogP contribution < -0.4 is 10.6 Å². The number of nitrogens with one attached hydrogen (secondary N) is 3. The fourth-order valence-corrected chi connectivity index (χ4v) is 2.52. The molecule has 0 unspecified atom stereocenters. The molecular formula is C18H13F5N4O2. The van der Waals surface area contributed by atoms with Crippen molar-refractivity contribution in [1.29, 1.82) is 0 Å². The van der Waals surface area contributed by atoms with Crippen LogP contribution in [-0.4, -0.2) is 28.3 Å². The third-order valence-corrected chi connectivity index (χ3v) is 4.00. The van der Waals surface area contributed by atoms with Gasteiger partial charge in [0.25, 0.3) is 0 Å². The summed E-state index contributed by atoms with van der Waals surface area (Å²) < 4.78 is 64.0. The zero-order chi connectivity index (χ0) is 21.2. The SMILES string of the molecule is O=C(NCCc1ccc(C(F)(F)F)cn1)C(=O)Nc1c[nH]c2cc(F)c(F)cc12. The molecule has 3 rings (SSSR count). The van der Waals surface area contributed by atoms with Crippen LogP contribution >= 0.6 is 0 Å². The lowest BCUT2D eigenvalue weighted by atomic mass is 10.2. The summed E-state index contributed by atoms with van der Waals surface area (Å²) in [5, 5.41) is 4.75. The standard InChI is InChI=1S/C18H13F5N4O2/c19-12-5-11-14(6-13(12)20)26-8-15(11)27-17(29)16(28)24-4-3-10-2-1-9(7-25-10)18(21,22)23/h1-2,5-8,26H,3-4H2,(H,24,28)(H,27,29). The molecule has 0 aliphatic heterocycles. The Labute approximate surface area is 160 Å². The van der Waals surface area contributed by atoms with E-state index in [0.29, 0.717) is 11.9 Å². The molecule has 0 spiro atoms. The number of fused-ring (bicyclic) bond motifs is 1. The molecular weight excluding hydrogens is 399 g/mol. The molecule has 152 valence electrons. The normalized spacial score (nSPS) is 11.5. The number of aromatic nitrogens is 2. The van der Waals surface area contributed by atoms with Gasteiger partial charge in [-0.25, -0.2) is 8.78 Å². The molecule has 0 aliphatic carbocycles. The quantitative estimate of drug-likeness (QED) is 0.455. The Morgan fingerprint density at radius 2 is 1.79 bits per heavy atom. The van der Waals surface area contributed by atoms with Gasteiger partial charge in [-0.1, -0.05) is 0 Å². The van der Waals surface area contributed by atoms with Crippen molar-refractivity contribution in [1.82, 2.24) is 15.3 Å². The average molecular weight is 412 g/mol. The van der Waals surface area contributed by atoms with Gasteiger partial charge in [0.15, 0.2) is 11.6 Å². The molecule has 2 aromatic heterocycles. The van der Waals surface area contributed by atoms with Gasteiger partial charge in [-0.3, -0.25) is 14.6 Å². The highest BCUT2D eigenvalue weighted by Gasteiger charge is 2.30. The molecule has 0 atom stereocenters. The van der Waals surface area contributed by atoms with Gasteiger partial charge in [-0.05, 0) is 18.2 Å². The number of H-pyrrole nitrogens is 1. The smallest absolute Gasteiger partial charge is 0.359 e. The molecule has 0 aliphatic rings. The Hall–Kier alpha value is -3.50. The zero-order valence-corrected chi connectivity index (χ0v) is 14.5. The number of pyridine rings is 1. The number of hydrogen-bond acceptors (Lipinski definition) is 3. The van der Waals surface area contributed by atoms with Crippen LogP contribution in [0.15, 0.2) is 36.7 Å². The second-order valence-corrected chi connectivity index (χ2v) is 6.01. The van der Waals surface area contributed by atoms with E-state index in [9.17, 15) is 31.5 Å². The number of alkyl halides is 3. The lowest BCUT2D eigenvalue weighted by Gasteiger charge is -2.08.